The Morgan fingerprint density at radius 3 is 2.55 bits per heavy atom. The smallest absolute Gasteiger partial charge is 0.311 e. The molecule has 33 heavy (non-hydrogen) atoms. The van der Waals surface area contributed by atoms with Crippen LogP contribution in [0.2, 0.25) is 10.0 Å². The van der Waals surface area contributed by atoms with Crippen molar-refractivity contribution in [3.8, 4) is 15.8 Å². The molecule has 0 aliphatic heterocycles. The van der Waals surface area contributed by atoms with Crippen molar-refractivity contribution in [2.24, 2.45) is 0 Å². The van der Waals surface area contributed by atoms with E-state index in [2.05, 4.69) is 15.2 Å². The van der Waals surface area contributed by atoms with E-state index in [1.54, 1.807) is 25.4 Å². The molecule has 14 heteroatoms. The molecule has 9 nitrogen and oxygen atoms in total. The van der Waals surface area contributed by atoms with Crippen molar-refractivity contribution >= 4 is 67.5 Å². The molecule has 0 unspecified atom stereocenters. The maximum Gasteiger partial charge on any atom is 0.311 e. The Kier molecular flexibility index (Phi) is 7.10. The second-order valence-electron chi connectivity index (χ2n) is 7.18. The van der Waals surface area contributed by atoms with Crippen LogP contribution >= 0.6 is 46.3 Å². The first-order valence-electron chi connectivity index (χ1n) is 9.79. The molecule has 3 aromatic heterocycles. The molecule has 0 atom stereocenters. The largest absolute Gasteiger partial charge is 0.351 e. The average Bonchev–Trinajstić information content (AvgIpc) is 3.38. The zero-order chi connectivity index (χ0) is 23.8. The third-order valence-electron chi connectivity index (χ3n) is 4.33. The van der Waals surface area contributed by atoms with Gasteiger partial charge in [-0.05, 0) is 44.2 Å². The lowest BCUT2D eigenvalue weighted by Gasteiger charge is -2.11. The highest BCUT2D eigenvalue weighted by atomic mass is 35.5. The van der Waals surface area contributed by atoms with Crippen LogP contribution in [0.4, 0.5) is 0 Å². The van der Waals surface area contributed by atoms with E-state index in [0.717, 1.165) is 11.3 Å². The number of rotatable bonds is 8. The third-order valence-corrected chi connectivity index (χ3v) is 8.31. The van der Waals surface area contributed by atoms with Crippen LogP contribution in [-0.4, -0.2) is 43.9 Å². The molecule has 0 fully saturated rings. The number of hydrogen-bond acceptors (Lipinski definition) is 10. The summed E-state index contributed by atoms with van der Waals surface area (Å²) in [5.74, 6) is -0.0943. The fraction of sp³-hybridized carbons (Fsp3) is 0.316. The number of aromatic nitrogens is 6. The molecule has 4 aromatic rings. The number of fused-ring (bicyclic) bond motifs is 1. The topological polar surface area (TPSA) is 113 Å². The lowest BCUT2D eigenvalue weighted by molar-refractivity contribution is 0.483. The van der Waals surface area contributed by atoms with Gasteiger partial charge in [0.25, 0.3) is 5.19 Å². The Morgan fingerprint density at radius 1 is 1.18 bits per heavy atom. The van der Waals surface area contributed by atoms with Crippen molar-refractivity contribution in [2.75, 3.05) is 5.75 Å². The fourth-order valence-electron chi connectivity index (χ4n) is 2.82. The minimum Gasteiger partial charge on any atom is -0.351 e. The van der Waals surface area contributed by atoms with Crippen molar-refractivity contribution in [3.05, 3.63) is 34.7 Å². The summed E-state index contributed by atoms with van der Waals surface area (Å²) in [5.41, 5.74) is 1.57. The van der Waals surface area contributed by atoms with E-state index in [1.165, 1.54) is 18.0 Å². The zero-order valence-electron chi connectivity index (χ0n) is 17.7. The fourth-order valence-corrected chi connectivity index (χ4v) is 6.15. The molecular weight excluding hydrogens is 527 g/mol. The van der Waals surface area contributed by atoms with Crippen LogP contribution in [0.3, 0.4) is 0 Å². The molecule has 1 aromatic carbocycles. The van der Waals surface area contributed by atoms with Crippen LogP contribution in [0.5, 0.6) is 5.19 Å². The summed E-state index contributed by atoms with van der Waals surface area (Å²) >= 11 is 14.7. The molecule has 3 heterocycles. The average molecular weight is 545 g/mol. The highest BCUT2D eigenvalue weighted by Crippen LogP contribution is 2.39. The first-order valence-corrected chi connectivity index (χ1v) is 13.8. The van der Waals surface area contributed by atoms with Gasteiger partial charge in [0.1, 0.15) is 17.0 Å². The van der Waals surface area contributed by atoms with Crippen molar-refractivity contribution in [1.82, 2.24) is 29.7 Å². The van der Waals surface area contributed by atoms with E-state index < -0.39 is 10.1 Å². The van der Waals surface area contributed by atoms with Gasteiger partial charge in [0, 0.05) is 6.04 Å². The summed E-state index contributed by atoms with van der Waals surface area (Å²) < 4.78 is 31.1. The molecule has 0 N–H and O–H groups in total. The van der Waals surface area contributed by atoms with E-state index in [1.807, 2.05) is 18.4 Å². The standard InChI is InChI=1S/C19H18Cl2N6O3S3/c1-4-5-33(28,29)30-19-22-8-15(31-19)16-17(32-18-26-23-9-27(18)10(2)3)25-14-7-12(21)11(20)6-13(14)24-16/h6-10H,4-5H2,1-3H3. The van der Waals surface area contributed by atoms with Crippen LogP contribution in [0.25, 0.3) is 21.6 Å². The van der Waals surface area contributed by atoms with Crippen LogP contribution in [-0.2, 0) is 10.1 Å². The highest BCUT2D eigenvalue weighted by Gasteiger charge is 2.21. The van der Waals surface area contributed by atoms with Gasteiger partial charge in [-0.3, -0.25) is 0 Å². The monoisotopic (exact) mass is 544 g/mol. The van der Waals surface area contributed by atoms with Gasteiger partial charge >= 0.3 is 10.1 Å². The Bertz CT molecular complexity index is 1420. The summed E-state index contributed by atoms with van der Waals surface area (Å²) in [6.07, 6.45) is 3.60. The molecule has 174 valence electrons. The molecule has 0 saturated heterocycles. The maximum absolute atomic E-state index is 12.0. The van der Waals surface area contributed by atoms with Gasteiger partial charge in [-0.2, -0.15) is 8.42 Å². The maximum atomic E-state index is 12.0. The summed E-state index contributed by atoms with van der Waals surface area (Å²) in [6, 6.07) is 3.41. The summed E-state index contributed by atoms with van der Waals surface area (Å²) in [4.78, 5) is 14.2. The van der Waals surface area contributed by atoms with E-state index in [9.17, 15) is 8.42 Å². The van der Waals surface area contributed by atoms with Crippen molar-refractivity contribution in [1.29, 1.82) is 0 Å². The SMILES string of the molecule is CCCS(=O)(=O)Oc1ncc(-c2nc3cc(Cl)c(Cl)cc3nc2Sc2nncn2C(C)C)s1. The molecule has 0 amide bonds. The van der Waals surface area contributed by atoms with E-state index in [-0.39, 0.29) is 17.0 Å². The summed E-state index contributed by atoms with van der Waals surface area (Å²) in [5, 5.41) is 10.1. The predicted octanol–water partition coefficient (Wildman–Crippen LogP) is 5.50. The van der Waals surface area contributed by atoms with E-state index in [0.29, 0.717) is 48.3 Å². The van der Waals surface area contributed by atoms with Gasteiger partial charge in [0.15, 0.2) is 5.16 Å². The van der Waals surface area contributed by atoms with Crippen LogP contribution in [0.1, 0.15) is 33.2 Å². The van der Waals surface area contributed by atoms with E-state index >= 15 is 0 Å². The molecule has 0 aliphatic carbocycles. The van der Waals surface area contributed by atoms with Crippen molar-refractivity contribution in [2.45, 2.75) is 43.4 Å². The van der Waals surface area contributed by atoms with Gasteiger partial charge in [-0.25, -0.2) is 15.0 Å². The molecule has 4 rings (SSSR count). The zero-order valence-corrected chi connectivity index (χ0v) is 21.7. The Hall–Kier alpha value is -1.99. The summed E-state index contributed by atoms with van der Waals surface area (Å²) in [7, 11) is -3.71. The lowest BCUT2D eigenvalue weighted by atomic mass is 10.3. The van der Waals surface area contributed by atoms with Gasteiger partial charge in [0.05, 0.1) is 37.9 Å². The predicted molar refractivity (Wildman–Crippen MR) is 130 cm³/mol. The quantitative estimate of drug-likeness (QED) is 0.265. The first kappa shape index (κ1) is 24.1. The molecule has 0 bridgehead atoms. The van der Waals surface area contributed by atoms with Crippen molar-refractivity contribution < 1.29 is 12.6 Å². The normalized spacial score (nSPS) is 12.1. The minimum atomic E-state index is -3.71. The second kappa shape index (κ2) is 9.71. The number of hydrogen-bond donors (Lipinski definition) is 0. The molecule has 0 aliphatic rings. The van der Waals surface area contributed by atoms with Crippen LogP contribution in [0.15, 0.2) is 34.8 Å². The number of nitrogens with zero attached hydrogens (tertiary/aromatic N) is 6. The molecule has 0 radical (unpaired) electrons. The Labute approximate surface area is 208 Å². The Morgan fingerprint density at radius 2 is 1.88 bits per heavy atom. The first-order chi connectivity index (χ1) is 15.7. The summed E-state index contributed by atoms with van der Waals surface area (Å²) in [6.45, 7) is 5.80. The molecular formula is C19H18Cl2N6O3S3. The van der Waals surface area contributed by atoms with Gasteiger partial charge < -0.3 is 8.75 Å². The van der Waals surface area contributed by atoms with Gasteiger partial charge in [0.2, 0.25) is 0 Å². The minimum absolute atomic E-state index is 0.00998. The van der Waals surface area contributed by atoms with Gasteiger partial charge in [-0.1, -0.05) is 41.5 Å². The lowest BCUT2D eigenvalue weighted by Crippen LogP contribution is -2.12. The van der Waals surface area contributed by atoms with Crippen LogP contribution < -0.4 is 4.18 Å². The molecule has 0 spiro atoms. The second-order valence-corrected chi connectivity index (χ2v) is 11.6. The third kappa shape index (κ3) is 5.40. The molecule has 0 saturated carbocycles. The Balaban J connectivity index is 1.81. The van der Waals surface area contributed by atoms with Crippen molar-refractivity contribution in [3.63, 3.8) is 0 Å². The van der Waals surface area contributed by atoms with Crippen LogP contribution in [0, 0.1) is 0 Å². The van der Waals surface area contributed by atoms with Gasteiger partial charge in [-0.15, -0.1) is 10.2 Å². The van der Waals surface area contributed by atoms with E-state index in [4.69, 9.17) is 37.4 Å². The number of thiazole rings is 1. The number of benzene rings is 1. The highest BCUT2D eigenvalue weighted by molar-refractivity contribution is 7.99. The number of halogens is 2.